The van der Waals surface area contributed by atoms with Crippen LogP contribution in [0, 0.1) is 11.3 Å². The predicted molar refractivity (Wildman–Crippen MR) is 50.8 cm³/mol. The SMILES string of the molecule is N#Cc1ccc(C(=O)CCC=O)cc1. The first kappa shape index (κ1) is 10.1. The molecule has 0 radical (unpaired) electrons. The largest absolute Gasteiger partial charge is 0.303 e. The maximum atomic E-state index is 11.4. The van der Waals surface area contributed by atoms with Crippen LogP contribution in [0.3, 0.4) is 0 Å². The van der Waals surface area contributed by atoms with Crippen molar-refractivity contribution >= 4 is 12.1 Å². The summed E-state index contributed by atoms with van der Waals surface area (Å²) < 4.78 is 0. The maximum absolute atomic E-state index is 11.4. The summed E-state index contributed by atoms with van der Waals surface area (Å²) in [6.45, 7) is 0. The van der Waals surface area contributed by atoms with E-state index in [0.29, 0.717) is 11.1 Å². The lowest BCUT2D eigenvalue weighted by molar-refractivity contribution is -0.107. The van der Waals surface area contributed by atoms with Gasteiger partial charge in [0.1, 0.15) is 6.29 Å². The number of nitriles is 1. The molecule has 0 fully saturated rings. The van der Waals surface area contributed by atoms with Crippen molar-refractivity contribution in [2.24, 2.45) is 0 Å². The molecular weight excluding hydrogens is 178 g/mol. The van der Waals surface area contributed by atoms with Crippen LogP contribution < -0.4 is 0 Å². The average molecular weight is 187 g/mol. The summed E-state index contributed by atoms with van der Waals surface area (Å²) in [5.41, 5.74) is 1.07. The van der Waals surface area contributed by atoms with Gasteiger partial charge in [0.05, 0.1) is 11.6 Å². The van der Waals surface area contributed by atoms with E-state index in [2.05, 4.69) is 0 Å². The molecule has 0 N–H and O–H groups in total. The highest BCUT2D eigenvalue weighted by Crippen LogP contribution is 2.06. The van der Waals surface area contributed by atoms with Gasteiger partial charge < -0.3 is 4.79 Å². The van der Waals surface area contributed by atoms with Crippen molar-refractivity contribution < 1.29 is 9.59 Å². The number of benzene rings is 1. The molecule has 1 aromatic carbocycles. The Balaban J connectivity index is 2.72. The zero-order valence-electron chi connectivity index (χ0n) is 7.56. The lowest BCUT2D eigenvalue weighted by atomic mass is 10.1. The van der Waals surface area contributed by atoms with Gasteiger partial charge >= 0.3 is 0 Å². The number of carbonyl (C=O) groups excluding carboxylic acids is 2. The van der Waals surface area contributed by atoms with Crippen LogP contribution in [0.4, 0.5) is 0 Å². The minimum atomic E-state index is -0.0680. The van der Waals surface area contributed by atoms with E-state index in [0.717, 1.165) is 6.29 Å². The Kier molecular flexibility index (Phi) is 3.57. The third-order valence-corrected chi connectivity index (χ3v) is 1.83. The molecule has 1 rings (SSSR count). The van der Waals surface area contributed by atoms with Gasteiger partial charge in [-0.2, -0.15) is 5.26 Å². The lowest BCUT2D eigenvalue weighted by Crippen LogP contribution is -1.98. The highest BCUT2D eigenvalue weighted by atomic mass is 16.1. The van der Waals surface area contributed by atoms with E-state index in [-0.39, 0.29) is 18.6 Å². The van der Waals surface area contributed by atoms with Gasteiger partial charge in [-0.25, -0.2) is 0 Å². The number of rotatable bonds is 4. The molecule has 0 aliphatic rings. The van der Waals surface area contributed by atoms with E-state index in [1.807, 2.05) is 6.07 Å². The molecule has 0 aliphatic heterocycles. The van der Waals surface area contributed by atoms with Gasteiger partial charge in [-0.15, -0.1) is 0 Å². The zero-order valence-corrected chi connectivity index (χ0v) is 7.56. The summed E-state index contributed by atoms with van der Waals surface area (Å²) in [5.74, 6) is -0.0680. The second-order valence-corrected chi connectivity index (χ2v) is 2.82. The van der Waals surface area contributed by atoms with E-state index in [9.17, 15) is 9.59 Å². The van der Waals surface area contributed by atoms with Crippen molar-refractivity contribution in [3.63, 3.8) is 0 Å². The summed E-state index contributed by atoms with van der Waals surface area (Å²) in [4.78, 5) is 21.4. The molecular formula is C11H9NO2. The minimum absolute atomic E-state index is 0.0680. The summed E-state index contributed by atoms with van der Waals surface area (Å²) in [6, 6.07) is 8.36. The van der Waals surface area contributed by atoms with Gasteiger partial charge in [-0.1, -0.05) is 12.1 Å². The van der Waals surface area contributed by atoms with Crippen molar-refractivity contribution in [3.8, 4) is 6.07 Å². The maximum Gasteiger partial charge on any atom is 0.163 e. The van der Waals surface area contributed by atoms with Crippen LogP contribution >= 0.6 is 0 Å². The van der Waals surface area contributed by atoms with Gasteiger partial charge in [0, 0.05) is 18.4 Å². The monoisotopic (exact) mass is 187 g/mol. The Bertz CT molecular complexity index is 373. The third-order valence-electron chi connectivity index (χ3n) is 1.83. The molecule has 0 atom stereocenters. The van der Waals surface area contributed by atoms with Gasteiger partial charge in [0.25, 0.3) is 0 Å². The fourth-order valence-electron chi connectivity index (χ4n) is 1.07. The highest BCUT2D eigenvalue weighted by molar-refractivity contribution is 5.96. The van der Waals surface area contributed by atoms with Crippen molar-refractivity contribution in [1.29, 1.82) is 5.26 Å². The van der Waals surface area contributed by atoms with Gasteiger partial charge in [0.2, 0.25) is 0 Å². The minimum Gasteiger partial charge on any atom is -0.303 e. The number of aldehydes is 1. The Morgan fingerprint density at radius 3 is 2.50 bits per heavy atom. The van der Waals surface area contributed by atoms with E-state index in [1.165, 1.54) is 0 Å². The molecule has 1 aromatic rings. The van der Waals surface area contributed by atoms with E-state index in [4.69, 9.17) is 5.26 Å². The second kappa shape index (κ2) is 4.93. The summed E-state index contributed by atoms with van der Waals surface area (Å²) in [6.07, 6.45) is 1.20. The van der Waals surface area contributed by atoms with Crippen LogP contribution in [-0.2, 0) is 4.79 Å². The van der Waals surface area contributed by atoms with Crippen LogP contribution in [0.25, 0.3) is 0 Å². The number of hydrogen-bond acceptors (Lipinski definition) is 3. The van der Waals surface area contributed by atoms with Crippen molar-refractivity contribution in [2.45, 2.75) is 12.8 Å². The zero-order chi connectivity index (χ0) is 10.4. The van der Waals surface area contributed by atoms with Crippen molar-refractivity contribution in [1.82, 2.24) is 0 Å². The molecule has 0 aromatic heterocycles. The first-order valence-electron chi connectivity index (χ1n) is 4.25. The lowest BCUT2D eigenvalue weighted by Gasteiger charge is -1.97. The number of carbonyl (C=O) groups is 2. The van der Waals surface area contributed by atoms with Crippen molar-refractivity contribution in [2.75, 3.05) is 0 Å². The first-order valence-corrected chi connectivity index (χ1v) is 4.25. The molecule has 0 aliphatic carbocycles. The first-order chi connectivity index (χ1) is 6.77. The van der Waals surface area contributed by atoms with Crippen LogP contribution in [0.1, 0.15) is 28.8 Å². The Labute approximate surface area is 82.0 Å². The van der Waals surface area contributed by atoms with Crippen LogP contribution in [0.15, 0.2) is 24.3 Å². The fraction of sp³-hybridized carbons (Fsp3) is 0.182. The Morgan fingerprint density at radius 2 is 2.00 bits per heavy atom. The summed E-state index contributed by atoms with van der Waals surface area (Å²) >= 11 is 0. The topological polar surface area (TPSA) is 57.9 Å². The Hall–Kier alpha value is -1.95. The number of ketones is 1. The molecule has 0 amide bonds. The van der Waals surface area contributed by atoms with Gasteiger partial charge in [-0.05, 0) is 12.1 Å². The molecule has 0 heterocycles. The molecule has 0 saturated heterocycles. The van der Waals surface area contributed by atoms with Crippen LogP contribution in [-0.4, -0.2) is 12.1 Å². The van der Waals surface area contributed by atoms with Gasteiger partial charge in [0.15, 0.2) is 5.78 Å². The Morgan fingerprint density at radius 1 is 1.36 bits per heavy atom. The van der Waals surface area contributed by atoms with E-state index >= 15 is 0 Å². The summed E-state index contributed by atoms with van der Waals surface area (Å²) in [7, 11) is 0. The smallest absolute Gasteiger partial charge is 0.163 e. The summed E-state index contributed by atoms with van der Waals surface area (Å²) in [5, 5.41) is 8.53. The average Bonchev–Trinajstić information content (AvgIpc) is 2.26. The third kappa shape index (κ3) is 2.53. The molecule has 70 valence electrons. The van der Waals surface area contributed by atoms with E-state index in [1.54, 1.807) is 24.3 Å². The molecule has 0 spiro atoms. The molecule has 14 heavy (non-hydrogen) atoms. The number of hydrogen-bond donors (Lipinski definition) is 0. The van der Waals surface area contributed by atoms with Crippen LogP contribution in [0.2, 0.25) is 0 Å². The second-order valence-electron chi connectivity index (χ2n) is 2.82. The predicted octanol–water partition coefficient (Wildman–Crippen LogP) is 1.72. The molecule has 0 unspecified atom stereocenters. The van der Waals surface area contributed by atoms with Gasteiger partial charge in [-0.3, -0.25) is 4.79 Å². The molecule has 0 bridgehead atoms. The molecule has 0 saturated carbocycles. The molecule has 3 heteroatoms. The fourth-order valence-corrected chi connectivity index (χ4v) is 1.07. The van der Waals surface area contributed by atoms with Crippen molar-refractivity contribution in [3.05, 3.63) is 35.4 Å². The van der Waals surface area contributed by atoms with E-state index < -0.39 is 0 Å². The number of Topliss-reactive ketones (excluding diaryl/α,β-unsaturated/α-hetero) is 1. The quantitative estimate of drug-likeness (QED) is 0.532. The number of nitrogens with zero attached hydrogens (tertiary/aromatic N) is 1. The van der Waals surface area contributed by atoms with Crippen LogP contribution in [0.5, 0.6) is 0 Å². The highest BCUT2D eigenvalue weighted by Gasteiger charge is 2.04. The molecule has 3 nitrogen and oxygen atoms in total. The normalized spacial score (nSPS) is 9.07. The standard InChI is InChI=1S/C11H9NO2/c12-8-9-3-5-10(6-4-9)11(14)2-1-7-13/h3-7H,1-2H2.